The Morgan fingerprint density at radius 1 is 1.10 bits per heavy atom. The minimum atomic E-state index is 0.0699. The van der Waals surface area contributed by atoms with Crippen LogP contribution in [0.25, 0.3) is 10.2 Å². The van der Waals surface area contributed by atoms with Gasteiger partial charge in [-0.2, -0.15) is 0 Å². The van der Waals surface area contributed by atoms with Gasteiger partial charge in [0.1, 0.15) is 5.44 Å². The minimum Gasteiger partial charge on any atom is -0.362 e. The van der Waals surface area contributed by atoms with Crippen LogP contribution in [0, 0.1) is 0 Å². The molecule has 2 nitrogen and oxygen atoms in total. The lowest BCUT2D eigenvalue weighted by Crippen LogP contribution is -2.13. The van der Waals surface area contributed by atoms with E-state index >= 15 is 0 Å². The molecule has 0 fully saturated rings. The number of benzene rings is 2. The standard InChI is InChI=1S/C16H13NOS2/c1-2-6-12-11(5-1)9-10-18-15(12)20-16-17-13-7-3-4-8-14(13)19-16/h1-8,15H,9-10H2. The van der Waals surface area contributed by atoms with Gasteiger partial charge in [-0.3, -0.25) is 0 Å². The third-order valence-electron chi connectivity index (χ3n) is 3.43. The monoisotopic (exact) mass is 299 g/mol. The maximum Gasteiger partial charge on any atom is 0.153 e. The van der Waals surface area contributed by atoms with Gasteiger partial charge in [-0.1, -0.05) is 48.2 Å². The second kappa shape index (κ2) is 5.20. The number of hydrogen-bond donors (Lipinski definition) is 0. The fraction of sp³-hybridized carbons (Fsp3) is 0.188. The fourth-order valence-corrected chi connectivity index (χ4v) is 4.72. The highest BCUT2D eigenvalue weighted by atomic mass is 32.2. The molecule has 0 aliphatic carbocycles. The number of rotatable bonds is 2. The molecule has 1 atom stereocenters. The third kappa shape index (κ3) is 2.24. The number of aromatic nitrogens is 1. The number of ether oxygens (including phenoxy) is 1. The van der Waals surface area contributed by atoms with Crippen molar-refractivity contribution < 1.29 is 4.74 Å². The zero-order valence-electron chi connectivity index (χ0n) is 10.8. The van der Waals surface area contributed by atoms with E-state index < -0.39 is 0 Å². The molecule has 0 spiro atoms. The van der Waals surface area contributed by atoms with E-state index in [0.717, 1.165) is 22.9 Å². The summed E-state index contributed by atoms with van der Waals surface area (Å²) in [5, 5.41) is 0. The van der Waals surface area contributed by atoms with E-state index in [1.807, 2.05) is 6.07 Å². The van der Waals surface area contributed by atoms with E-state index in [-0.39, 0.29) is 5.44 Å². The first-order valence-corrected chi connectivity index (χ1v) is 8.31. The van der Waals surface area contributed by atoms with Crippen LogP contribution in [-0.2, 0) is 11.2 Å². The molecule has 4 rings (SSSR count). The topological polar surface area (TPSA) is 22.1 Å². The van der Waals surface area contributed by atoms with Gasteiger partial charge in [0.2, 0.25) is 0 Å². The predicted octanol–water partition coefficient (Wildman–Crippen LogP) is 4.66. The first-order chi connectivity index (χ1) is 9.90. The largest absolute Gasteiger partial charge is 0.362 e. The molecule has 0 saturated heterocycles. The molecule has 4 heteroatoms. The van der Waals surface area contributed by atoms with Gasteiger partial charge >= 0.3 is 0 Å². The molecule has 0 radical (unpaired) electrons. The van der Waals surface area contributed by atoms with Gasteiger partial charge < -0.3 is 4.74 Å². The van der Waals surface area contributed by atoms with Gasteiger partial charge in [0.25, 0.3) is 0 Å². The van der Waals surface area contributed by atoms with Crippen molar-refractivity contribution in [2.75, 3.05) is 6.61 Å². The van der Waals surface area contributed by atoms with E-state index in [1.54, 1.807) is 23.1 Å². The van der Waals surface area contributed by atoms with Crippen LogP contribution in [0.2, 0.25) is 0 Å². The Balaban J connectivity index is 1.66. The zero-order chi connectivity index (χ0) is 13.4. The van der Waals surface area contributed by atoms with Crippen molar-refractivity contribution in [3.8, 4) is 0 Å². The summed E-state index contributed by atoms with van der Waals surface area (Å²) in [5.74, 6) is 0. The van der Waals surface area contributed by atoms with Crippen LogP contribution < -0.4 is 0 Å². The average molecular weight is 299 g/mol. The third-order valence-corrected chi connectivity index (χ3v) is 5.70. The lowest BCUT2D eigenvalue weighted by molar-refractivity contribution is 0.103. The van der Waals surface area contributed by atoms with E-state index in [9.17, 15) is 0 Å². The van der Waals surface area contributed by atoms with Gasteiger partial charge in [-0.15, -0.1) is 11.3 Å². The Hall–Kier alpha value is -1.36. The highest BCUT2D eigenvalue weighted by Gasteiger charge is 2.22. The Bertz CT molecular complexity index is 720. The second-order valence-electron chi connectivity index (χ2n) is 4.72. The van der Waals surface area contributed by atoms with Crippen LogP contribution in [0.15, 0.2) is 52.9 Å². The summed E-state index contributed by atoms with van der Waals surface area (Å²) in [5.41, 5.74) is 3.84. The lowest BCUT2D eigenvalue weighted by Gasteiger charge is -2.24. The van der Waals surface area contributed by atoms with Crippen molar-refractivity contribution in [1.82, 2.24) is 4.98 Å². The van der Waals surface area contributed by atoms with Crippen LogP contribution in [-0.4, -0.2) is 11.6 Å². The van der Waals surface area contributed by atoms with Crippen LogP contribution >= 0.6 is 23.1 Å². The SMILES string of the molecule is c1ccc2c(c1)CCOC2Sc1nc2ccccc2s1. The molecule has 0 bridgehead atoms. The average Bonchev–Trinajstić information content (AvgIpc) is 2.90. The summed E-state index contributed by atoms with van der Waals surface area (Å²) < 4.78 is 8.25. The molecular formula is C16H13NOS2. The number of hydrogen-bond acceptors (Lipinski definition) is 4. The molecule has 1 aliphatic heterocycles. The Kier molecular flexibility index (Phi) is 3.22. The number of nitrogens with zero attached hydrogens (tertiary/aromatic N) is 1. The van der Waals surface area contributed by atoms with Gasteiger partial charge in [0, 0.05) is 0 Å². The molecular weight excluding hydrogens is 286 g/mol. The van der Waals surface area contributed by atoms with Crippen molar-refractivity contribution in [2.24, 2.45) is 0 Å². The van der Waals surface area contributed by atoms with Crippen LogP contribution in [0.3, 0.4) is 0 Å². The van der Waals surface area contributed by atoms with Crippen LogP contribution in [0.4, 0.5) is 0 Å². The molecule has 100 valence electrons. The summed E-state index contributed by atoms with van der Waals surface area (Å²) in [4.78, 5) is 4.68. The summed E-state index contributed by atoms with van der Waals surface area (Å²) in [6.07, 6.45) is 1.01. The Morgan fingerprint density at radius 2 is 1.95 bits per heavy atom. The minimum absolute atomic E-state index is 0.0699. The van der Waals surface area contributed by atoms with Crippen LogP contribution in [0.1, 0.15) is 16.6 Å². The van der Waals surface area contributed by atoms with Crippen molar-refractivity contribution in [3.63, 3.8) is 0 Å². The van der Waals surface area contributed by atoms with Gasteiger partial charge in [0.05, 0.1) is 16.8 Å². The molecule has 1 aromatic heterocycles. The lowest BCUT2D eigenvalue weighted by atomic mass is 10.0. The van der Waals surface area contributed by atoms with Crippen molar-refractivity contribution in [2.45, 2.75) is 16.2 Å². The number of fused-ring (bicyclic) bond motifs is 2. The molecule has 1 unspecified atom stereocenters. The van der Waals surface area contributed by atoms with Gasteiger partial charge in [-0.05, 0) is 29.7 Å². The van der Waals surface area contributed by atoms with E-state index in [2.05, 4.69) is 47.4 Å². The molecule has 0 amide bonds. The van der Waals surface area contributed by atoms with Crippen molar-refractivity contribution in [1.29, 1.82) is 0 Å². The number of thioether (sulfide) groups is 1. The molecule has 2 aromatic carbocycles. The second-order valence-corrected chi connectivity index (χ2v) is 7.06. The first-order valence-electron chi connectivity index (χ1n) is 6.62. The van der Waals surface area contributed by atoms with E-state index in [0.29, 0.717) is 0 Å². The molecule has 20 heavy (non-hydrogen) atoms. The molecule has 0 saturated carbocycles. The Morgan fingerprint density at radius 3 is 2.90 bits per heavy atom. The number of thiazole rings is 1. The summed E-state index contributed by atoms with van der Waals surface area (Å²) >= 11 is 3.46. The smallest absolute Gasteiger partial charge is 0.153 e. The quantitative estimate of drug-likeness (QED) is 0.687. The highest BCUT2D eigenvalue weighted by molar-refractivity contribution is 8.01. The van der Waals surface area contributed by atoms with Crippen molar-refractivity contribution in [3.05, 3.63) is 59.7 Å². The normalized spacial score (nSPS) is 18.1. The van der Waals surface area contributed by atoms with Gasteiger partial charge in [0.15, 0.2) is 4.34 Å². The fourth-order valence-electron chi connectivity index (χ4n) is 2.45. The van der Waals surface area contributed by atoms with Gasteiger partial charge in [-0.25, -0.2) is 4.98 Å². The Labute approximate surface area is 125 Å². The first kappa shape index (κ1) is 12.4. The number of para-hydroxylation sites is 1. The van der Waals surface area contributed by atoms with Crippen molar-refractivity contribution >= 4 is 33.3 Å². The van der Waals surface area contributed by atoms with Crippen LogP contribution in [0.5, 0.6) is 0 Å². The summed E-state index contributed by atoms with van der Waals surface area (Å²) in [6, 6.07) is 16.8. The summed E-state index contributed by atoms with van der Waals surface area (Å²) in [7, 11) is 0. The highest BCUT2D eigenvalue weighted by Crippen LogP contribution is 2.42. The molecule has 2 heterocycles. The van der Waals surface area contributed by atoms with E-state index in [4.69, 9.17) is 4.74 Å². The van der Waals surface area contributed by atoms with E-state index in [1.165, 1.54) is 15.8 Å². The zero-order valence-corrected chi connectivity index (χ0v) is 12.4. The predicted molar refractivity (Wildman–Crippen MR) is 84.3 cm³/mol. The molecule has 0 N–H and O–H groups in total. The molecule has 3 aromatic rings. The maximum absolute atomic E-state index is 5.93. The molecule has 1 aliphatic rings. The summed E-state index contributed by atoms with van der Waals surface area (Å²) in [6.45, 7) is 0.791. The maximum atomic E-state index is 5.93.